The van der Waals surface area contributed by atoms with Crippen LogP contribution in [0.2, 0.25) is 0 Å². The van der Waals surface area contributed by atoms with Gasteiger partial charge in [0.25, 0.3) is 0 Å². The molecule has 0 aliphatic rings. The summed E-state index contributed by atoms with van der Waals surface area (Å²) >= 11 is 0. The van der Waals surface area contributed by atoms with Crippen LogP contribution < -0.4 is 15.8 Å². The number of rotatable bonds is 7. The summed E-state index contributed by atoms with van der Waals surface area (Å²) in [6, 6.07) is 7.48. The van der Waals surface area contributed by atoms with E-state index in [-0.39, 0.29) is 18.3 Å². The second kappa shape index (κ2) is 9.64. The van der Waals surface area contributed by atoms with Gasteiger partial charge in [-0.2, -0.15) is 0 Å². The van der Waals surface area contributed by atoms with Crippen LogP contribution >= 0.6 is 12.4 Å². The van der Waals surface area contributed by atoms with Gasteiger partial charge in [-0.1, -0.05) is 26.0 Å². The van der Waals surface area contributed by atoms with E-state index in [0.29, 0.717) is 37.7 Å². The van der Waals surface area contributed by atoms with E-state index in [1.54, 1.807) is 0 Å². The van der Waals surface area contributed by atoms with Crippen molar-refractivity contribution in [2.45, 2.75) is 26.7 Å². The van der Waals surface area contributed by atoms with Gasteiger partial charge in [-0.25, -0.2) is 0 Å². The zero-order chi connectivity index (χ0) is 13.4. The van der Waals surface area contributed by atoms with Crippen molar-refractivity contribution in [3.05, 3.63) is 24.3 Å². The van der Waals surface area contributed by atoms with Crippen molar-refractivity contribution < 1.29 is 9.53 Å². The first-order chi connectivity index (χ1) is 8.63. The van der Waals surface area contributed by atoms with Crippen LogP contribution in [0.15, 0.2) is 24.3 Å². The quantitative estimate of drug-likeness (QED) is 0.810. The van der Waals surface area contributed by atoms with Crippen LogP contribution in [0.25, 0.3) is 0 Å². The largest absolute Gasteiger partial charge is 0.491 e. The van der Waals surface area contributed by atoms with Crippen LogP contribution in [0.1, 0.15) is 26.7 Å². The van der Waals surface area contributed by atoms with Gasteiger partial charge in [-0.05, 0) is 31.0 Å². The maximum atomic E-state index is 11.6. The lowest BCUT2D eigenvalue weighted by molar-refractivity contribution is -0.116. The molecule has 1 rings (SSSR count). The number of benzene rings is 1. The molecule has 0 spiro atoms. The number of nitrogens with two attached hydrogens (primary N) is 1. The van der Waals surface area contributed by atoms with Gasteiger partial charge in [-0.15, -0.1) is 12.4 Å². The summed E-state index contributed by atoms with van der Waals surface area (Å²) in [6.07, 6.45) is 1.13. The van der Waals surface area contributed by atoms with Crippen molar-refractivity contribution in [1.82, 2.24) is 0 Å². The van der Waals surface area contributed by atoms with Gasteiger partial charge >= 0.3 is 0 Å². The first kappa shape index (κ1) is 17.7. The minimum Gasteiger partial charge on any atom is -0.491 e. The molecule has 1 aromatic carbocycles. The fourth-order valence-corrected chi connectivity index (χ4v) is 1.43. The summed E-state index contributed by atoms with van der Waals surface area (Å²) in [4.78, 5) is 11.6. The Morgan fingerprint density at radius 1 is 1.37 bits per heavy atom. The average molecular weight is 287 g/mol. The molecule has 0 saturated carbocycles. The average Bonchev–Trinajstić information content (AvgIpc) is 2.35. The van der Waals surface area contributed by atoms with Gasteiger partial charge in [0.15, 0.2) is 0 Å². The maximum absolute atomic E-state index is 11.6. The third-order valence-corrected chi connectivity index (χ3v) is 2.34. The third kappa shape index (κ3) is 7.03. The Morgan fingerprint density at radius 3 is 2.68 bits per heavy atom. The predicted octanol–water partition coefficient (Wildman–Crippen LogP) is 2.82. The highest BCUT2D eigenvalue weighted by atomic mass is 35.5. The van der Waals surface area contributed by atoms with Gasteiger partial charge in [0, 0.05) is 6.42 Å². The van der Waals surface area contributed by atoms with E-state index in [0.717, 1.165) is 5.69 Å². The highest BCUT2D eigenvalue weighted by Gasteiger charge is 2.07. The van der Waals surface area contributed by atoms with E-state index in [1.165, 1.54) is 0 Å². The number of ether oxygens (including phenoxy) is 1. The highest BCUT2D eigenvalue weighted by Crippen LogP contribution is 2.24. The molecule has 108 valence electrons. The SMILES string of the molecule is CC(C)COc1ccccc1NC(=O)CCCN.Cl. The van der Waals surface area contributed by atoms with Gasteiger partial charge in [0.1, 0.15) is 5.75 Å². The number of carbonyl (C=O) groups is 1. The van der Waals surface area contributed by atoms with Crippen LogP contribution in [0, 0.1) is 5.92 Å². The molecule has 0 aliphatic heterocycles. The summed E-state index contributed by atoms with van der Waals surface area (Å²) in [5.41, 5.74) is 6.10. The molecule has 0 fully saturated rings. The Bertz CT molecular complexity index is 383. The molecule has 0 heterocycles. The second-order valence-electron chi connectivity index (χ2n) is 4.64. The lowest BCUT2D eigenvalue weighted by atomic mass is 10.2. The van der Waals surface area contributed by atoms with E-state index in [1.807, 2.05) is 24.3 Å². The Labute approximate surface area is 121 Å². The van der Waals surface area contributed by atoms with Crippen molar-refractivity contribution in [3.63, 3.8) is 0 Å². The van der Waals surface area contributed by atoms with Gasteiger partial charge < -0.3 is 15.8 Å². The topological polar surface area (TPSA) is 64.3 Å². The number of para-hydroxylation sites is 2. The van der Waals surface area contributed by atoms with E-state index in [9.17, 15) is 4.79 Å². The summed E-state index contributed by atoms with van der Waals surface area (Å²) in [6.45, 7) is 5.33. The molecule has 1 aromatic rings. The third-order valence-electron chi connectivity index (χ3n) is 2.34. The normalized spacial score (nSPS) is 9.89. The van der Waals surface area contributed by atoms with Gasteiger partial charge in [0.2, 0.25) is 5.91 Å². The first-order valence-corrected chi connectivity index (χ1v) is 6.35. The van der Waals surface area contributed by atoms with Crippen molar-refractivity contribution in [2.24, 2.45) is 11.7 Å². The molecular weight excluding hydrogens is 264 g/mol. The zero-order valence-electron chi connectivity index (χ0n) is 11.5. The smallest absolute Gasteiger partial charge is 0.224 e. The van der Waals surface area contributed by atoms with Crippen LogP contribution in [0.3, 0.4) is 0 Å². The Kier molecular flexibility index (Phi) is 9.00. The fraction of sp³-hybridized carbons (Fsp3) is 0.500. The molecule has 0 aliphatic carbocycles. The van der Waals surface area contributed by atoms with Crippen molar-refractivity contribution in [2.75, 3.05) is 18.5 Å². The summed E-state index contributed by atoms with van der Waals surface area (Å²) in [7, 11) is 0. The lowest BCUT2D eigenvalue weighted by Gasteiger charge is -2.13. The van der Waals surface area contributed by atoms with Crippen molar-refractivity contribution in [1.29, 1.82) is 0 Å². The molecule has 0 aromatic heterocycles. The second-order valence-corrected chi connectivity index (χ2v) is 4.64. The maximum Gasteiger partial charge on any atom is 0.224 e. The molecule has 0 radical (unpaired) electrons. The van der Waals surface area contributed by atoms with Crippen LogP contribution in [0.4, 0.5) is 5.69 Å². The number of hydrogen-bond donors (Lipinski definition) is 2. The minimum atomic E-state index is -0.0268. The zero-order valence-corrected chi connectivity index (χ0v) is 12.3. The van der Waals surface area contributed by atoms with Crippen LogP contribution in [0.5, 0.6) is 5.75 Å². The van der Waals surface area contributed by atoms with Crippen molar-refractivity contribution in [3.8, 4) is 5.75 Å². The molecule has 5 heteroatoms. The number of anilines is 1. The van der Waals surface area contributed by atoms with Crippen LogP contribution in [-0.4, -0.2) is 19.1 Å². The summed E-state index contributed by atoms with van der Waals surface area (Å²) in [5, 5.41) is 2.85. The number of nitrogens with one attached hydrogen (secondary N) is 1. The summed E-state index contributed by atoms with van der Waals surface area (Å²) in [5.74, 6) is 1.14. The molecule has 4 nitrogen and oxygen atoms in total. The Balaban J connectivity index is 0.00000324. The number of hydrogen-bond acceptors (Lipinski definition) is 3. The molecule has 0 atom stereocenters. The fourth-order valence-electron chi connectivity index (χ4n) is 1.43. The highest BCUT2D eigenvalue weighted by molar-refractivity contribution is 5.92. The Morgan fingerprint density at radius 2 is 2.05 bits per heavy atom. The molecule has 3 N–H and O–H groups in total. The number of amides is 1. The monoisotopic (exact) mass is 286 g/mol. The Hall–Kier alpha value is -1.26. The number of carbonyl (C=O) groups excluding carboxylic acids is 1. The molecule has 19 heavy (non-hydrogen) atoms. The van der Waals surface area contributed by atoms with E-state index >= 15 is 0 Å². The molecule has 1 amide bonds. The lowest BCUT2D eigenvalue weighted by Crippen LogP contribution is -2.14. The minimum absolute atomic E-state index is 0. The van der Waals surface area contributed by atoms with Crippen molar-refractivity contribution >= 4 is 24.0 Å². The molecule has 0 saturated heterocycles. The molecular formula is C14H23ClN2O2. The molecule has 0 bridgehead atoms. The standard InChI is InChI=1S/C14H22N2O2.ClH/c1-11(2)10-18-13-7-4-3-6-12(13)16-14(17)8-5-9-15;/h3-4,6-7,11H,5,8-10,15H2,1-2H3,(H,16,17);1H. The van der Waals surface area contributed by atoms with E-state index in [2.05, 4.69) is 19.2 Å². The molecule has 0 unspecified atom stereocenters. The van der Waals surface area contributed by atoms with E-state index in [4.69, 9.17) is 10.5 Å². The van der Waals surface area contributed by atoms with Crippen LogP contribution in [-0.2, 0) is 4.79 Å². The first-order valence-electron chi connectivity index (χ1n) is 6.35. The summed E-state index contributed by atoms with van der Waals surface area (Å²) < 4.78 is 5.66. The predicted molar refractivity (Wildman–Crippen MR) is 80.9 cm³/mol. The van der Waals surface area contributed by atoms with Gasteiger partial charge in [0.05, 0.1) is 12.3 Å². The van der Waals surface area contributed by atoms with E-state index < -0.39 is 0 Å². The number of halogens is 1. The van der Waals surface area contributed by atoms with Gasteiger partial charge in [-0.3, -0.25) is 4.79 Å².